The van der Waals surface area contributed by atoms with Crippen LogP contribution in [-0.2, 0) is 16.0 Å². The molecule has 7 heteroatoms. The number of hydrogen-bond donors (Lipinski definition) is 1. The number of carbonyl (C=O) groups excluding carboxylic acids is 2. The number of ketones is 1. The van der Waals surface area contributed by atoms with Crippen molar-refractivity contribution < 1.29 is 29.0 Å². The third kappa shape index (κ3) is 6.78. The zero-order chi connectivity index (χ0) is 31.8. The number of allylic oxidation sites excluding steroid dienone is 1. The summed E-state index contributed by atoms with van der Waals surface area (Å²) in [7, 11) is 0. The first-order valence-electron chi connectivity index (χ1n) is 15.0. The molecule has 7 nitrogen and oxygen atoms in total. The average Bonchev–Trinajstić information content (AvgIpc) is 3.07. The maximum atomic E-state index is 14.2. The molecule has 2 atom stereocenters. The number of aliphatic imine (C=N–C) groups is 1. The van der Waals surface area contributed by atoms with Crippen LogP contribution >= 0.6 is 0 Å². The van der Waals surface area contributed by atoms with Gasteiger partial charge in [-0.2, -0.15) is 0 Å². The minimum Gasteiger partial charge on any atom is -0.480 e. The van der Waals surface area contributed by atoms with Crippen LogP contribution in [0.2, 0.25) is 0 Å². The predicted octanol–water partition coefficient (Wildman–Crippen LogP) is 8.12. The van der Waals surface area contributed by atoms with Gasteiger partial charge in [-0.25, -0.2) is 9.79 Å². The van der Waals surface area contributed by atoms with E-state index in [-0.39, 0.29) is 17.7 Å². The molecule has 0 fully saturated rings. The molecule has 4 aromatic rings. The summed E-state index contributed by atoms with van der Waals surface area (Å²) in [5.74, 6) is -1.19. The molecule has 1 N–H and O–H groups in total. The minimum atomic E-state index is -1.74. The molecular formula is C38H35NO6. The standard InChI is InChI=1S/C38H35NO6/c1-3-14-32-35(45-36(41)28-17-9-5-10-18-28)38(37(42)43,24-23-27-15-7-4-8-16-27)26(2)33(39-32)34(40)29-19-13-22-31(25-29)44-30-20-11-6-12-21-30/h4-13,15-22,25,35H,3,14,23-24H2,1-2H3,(H,42,43). The molecular weight excluding hydrogens is 566 g/mol. The zero-order valence-corrected chi connectivity index (χ0v) is 25.3. The summed E-state index contributed by atoms with van der Waals surface area (Å²) < 4.78 is 12.0. The monoisotopic (exact) mass is 601 g/mol. The van der Waals surface area contributed by atoms with E-state index in [9.17, 15) is 19.5 Å². The van der Waals surface area contributed by atoms with Crippen molar-refractivity contribution >= 4 is 23.4 Å². The van der Waals surface area contributed by atoms with Crippen LogP contribution in [0.1, 0.15) is 59.4 Å². The minimum absolute atomic E-state index is 0.0396. The maximum Gasteiger partial charge on any atom is 0.338 e. The van der Waals surface area contributed by atoms with Crippen molar-refractivity contribution in [2.24, 2.45) is 10.4 Å². The number of rotatable bonds is 12. The number of benzene rings is 4. The second-order valence-corrected chi connectivity index (χ2v) is 11.0. The van der Waals surface area contributed by atoms with Crippen LogP contribution in [-0.4, -0.2) is 34.6 Å². The van der Waals surface area contributed by atoms with Crippen LogP contribution < -0.4 is 4.74 Å². The van der Waals surface area contributed by atoms with Gasteiger partial charge in [0.05, 0.1) is 11.3 Å². The van der Waals surface area contributed by atoms with Gasteiger partial charge in [0.1, 0.15) is 22.6 Å². The number of aryl methyl sites for hydroxylation is 1. The molecule has 45 heavy (non-hydrogen) atoms. The van der Waals surface area contributed by atoms with Crippen molar-refractivity contribution in [1.29, 1.82) is 0 Å². The van der Waals surface area contributed by atoms with Crippen molar-refractivity contribution in [3.8, 4) is 11.5 Å². The van der Waals surface area contributed by atoms with Crippen LogP contribution in [0.4, 0.5) is 0 Å². The van der Waals surface area contributed by atoms with Crippen molar-refractivity contribution in [2.75, 3.05) is 0 Å². The maximum absolute atomic E-state index is 14.2. The quantitative estimate of drug-likeness (QED) is 0.130. The van der Waals surface area contributed by atoms with Crippen LogP contribution in [0.3, 0.4) is 0 Å². The van der Waals surface area contributed by atoms with Gasteiger partial charge in [-0.1, -0.05) is 92.2 Å². The third-order valence-corrected chi connectivity index (χ3v) is 8.09. The number of hydrogen-bond acceptors (Lipinski definition) is 6. The first kappa shape index (κ1) is 31.1. The molecule has 1 heterocycles. The molecule has 0 saturated carbocycles. The van der Waals surface area contributed by atoms with Gasteiger partial charge >= 0.3 is 11.9 Å². The first-order chi connectivity index (χ1) is 21.8. The summed E-state index contributed by atoms with van der Waals surface area (Å²) in [6.07, 6.45) is 0.199. The molecule has 1 aliphatic rings. The Morgan fingerprint density at radius 3 is 2.02 bits per heavy atom. The number of carboxylic acids is 1. The third-order valence-electron chi connectivity index (χ3n) is 8.09. The van der Waals surface area contributed by atoms with Crippen LogP contribution in [0.5, 0.6) is 11.5 Å². The van der Waals surface area contributed by atoms with Crippen LogP contribution in [0.25, 0.3) is 0 Å². The molecule has 2 unspecified atom stereocenters. The molecule has 0 spiro atoms. The summed E-state index contributed by atoms with van der Waals surface area (Å²) in [5.41, 5.74) is 0.429. The number of esters is 1. The molecule has 0 aromatic heterocycles. The first-order valence-corrected chi connectivity index (χ1v) is 15.0. The van der Waals surface area contributed by atoms with Crippen molar-refractivity contribution in [3.05, 3.63) is 143 Å². The Morgan fingerprint density at radius 2 is 1.38 bits per heavy atom. The molecule has 0 radical (unpaired) electrons. The SMILES string of the molecule is CCCC1=NC(C(=O)c2cccc(Oc3ccccc3)c2)=C(C)C(CCc2ccccc2)(C(=O)O)C1OC(=O)c1ccccc1. The number of aliphatic carboxylic acids is 1. The Hall–Kier alpha value is -5.30. The molecule has 0 bridgehead atoms. The van der Waals surface area contributed by atoms with Crippen molar-refractivity contribution in [1.82, 2.24) is 0 Å². The Balaban J connectivity index is 1.60. The summed E-state index contributed by atoms with van der Waals surface area (Å²) in [5, 5.41) is 11.0. The average molecular weight is 602 g/mol. The Bertz CT molecular complexity index is 1730. The van der Waals surface area contributed by atoms with E-state index in [2.05, 4.69) is 0 Å². The predicted molar refractivity (Wildman–Crippen MR) is 173 cm³/mol. The van der Waals surface area contributed by atoms with E-state index in [0.717, 1.165) is 5.56 Å². The number of carbonyl (C=O) groups is 3. The fourth-order valence-corrected chi connectivity index (χ4v) is 5.71. The second kappa shape index (κ2) is 14.0. The lowest BCUT2D eigenvalue weighted by Crippen LogP contribution is -2.53. The Kier molecular flexibility index (Phi) is 9.68. The summed E-state index contributed by atoms with van der Waals surface area (Å²) in [6, 6.07) is 33.9. The highest BCUT2D eigenvalue weighted by Crippen LogP contribution is 2.45. The van der Waals surface area contributed by atoms with Crippen molar-refractivity contribution in [2.45, 2.75) is 45.6 Å². The lowest BCUT2D eigenvalue weighted by Gasteiger charge is -2.41. The summed E-state index contributed by atoms with van der Waals surface area (Å²) in [4.78, 5) is 45.9. The highest BCUT2D eigenvalue weighted by molar-refractivity contribution is 6.13. The van der Waals surface area contributed by atoms with Gasteiger partial charge in [0.2, 0.25) is 5.78 Å². The van der Waals surface area contributed by atoms with E-state index >= 15 is 0 Å². The van der Waals surface area contributed by atoms with Gasteiger partial charge in [0, 0.05) is 5.56 Å². The van der Waals surface area contributed by atoms with Gasteiger partial charge < -0.3 is 14.6 Å². The molecule has 1 aliphatic heterocycles. The highest BCUT2D eigenvalue weighted by Gasteiger charge is 2.55. The lowest BCUT2D eigenvalue weighted by molar-refractivity contribution is -0.151. The number of ether oxygens (including phenoxy) is 2. The van der Waals surface area contributed by atoms with E-state index in [0.29, 0.717) is 47.6 Å². The van der Waals surface area contributed by atoms with Gasteiger partial charge in [0.15, 0.2) is 6.10 Å². The number of carboxylic acid groups (broad SMARTS) is 1. The van der Waals surface area contributed by atoms with E-state index < -0.39 is 29.2 Å². The molecule has 0 aliphatic carbocycles. The van der Waals surface area contributed by atoms with E-state index in [1.165, 1.54) is 0 Å². The smallest absolute Gasteiger partial charge is 0.338 e. The molecule has 5 rings (SSSR count). The fourth-order valence-electron chi connectivity index (χ4n) is 5.71. The topological polar surface area (TPSA) is 102 Å². The number of nitrogens with zero attached hydrogens (tertiary/aromatic N) is 1. The Morgan fingerprint density at radius 1 is 0.778 bits per heavy atom. The van der Waals surface area contributed by atoms with Gasteiger partial charge in [-0.05, 0) is 73.7 Å². The summed E-state index contributed by atoms with van der Waals surface area (Å²) >= 11 is 0. The molecule has 0 amide bonds. The lowest BCUT2D eigenvalue weighted by atomic mass is 9.67. The highest BCUT2D eigenvalue weighted by atomic mass is 16.5. The zero-order valence-electron chi connectivity index (χ0n) is 25.3. The van der Waals surface area contributed by atoms with Gasteiger partial charge in [0.25, 0.3) is 0 Å². The molecule has 4 aromatic carbocycles. The van der Waals surface area contributed by atoms with Crippen molar-refractivity contribution in [3.63, 3.8) is 0 Å². The number of para-hydroxylation sites is 1. The fraction of sp³-hybridized carbons (Fsp3) is 0.211. The van der Waals surface area contributed by atoms with E-state index in [1.54, 1.807) is 61.5 Å². The van der Waals surface area contributed by atoms with Crippen LogP contribution in [0, 0.1) is 5.41 Å². The van der Waals surface area contributed by atoms with Gasteiger partial charge in [-0.15, -0.1) is 0 Å². The second-order valence-electron chi connectivity index (χ2n) is 11.0. The number of Topliss-reactive ketones (excluding diaryl/α,β-unsaturated/α-hetero) is 1. The molecule has 0 saturated heterocycles. The largest absolute Gasteiger partial charge is 0.480 e. The normalized spacial score (nSPS) is 17.7. The van der Waals surface area contributed by atoms with E-state index in [4.69, 9.17) is 14.5 Å². The van der Waals surface area contributed by atoms with E-state index in [1.807, 2.05) is 67.6 Å². The Labute approximate surface area is 262 Å². The van der Waals surface area contributed by atoms with Gasteiger partial charge in [-0.3, -0.25) is 9.59 Å². The molecule has 228 valence electrons. The summed E-state index contributed by atoms with van der Waals surface area (Å²) in [6.45, 7) is 3.55. The van der Waals surface area contributed by atoms with Crippen LogP contribution in [0.15, 0.2) is 132 Å².